The first-order chi connectivity index (χ1) is 10.7. The van der Waals surface area contributed by atoms with Gasteiger partial charge in [-0.1, -0.05) is 18.2 Å². The van der Waals surface area contributed by atoms with Crippen molar-refractivity contribution < 1.29 is 19.1 Å². The van der Waals surface area contributed by atoms with Crippen LogP contribution in [0.3, 0.4) is 0 Å². The first kappa shape index (κ1) is 14.3. The lowest BCUT2D eigenvalue weighted by atomic mass is 10.1. The number of hydrogen-bond donors (Lipinski definition) is 1. The summed E-state index contributed by atoms with van der Waals surface area (Å²) in [5.41, 5.74) is 1.44. The number of hydrogen-bond acceptors (Lipinski definition) is 5. The normalized spacial score (nSPS) is 10.5. The summed E-state index contributed by atoms with van der Waals surface area (Å²) in [6.45, 7) is 0.299. The highest BCUT2D eigenvalue weighted by atomic mass is 32.1. The summed E-state index contributed by atoms with van der Waals surface area (Å²) in [7, 11) is 0. The summed E-state index contributed by atoms with van der Waals surface area (Å²) in [4.78, 5) is 16.0. The van der Waals surface area contributed by atoms with Crippen LogP contribution in [0.25, 0.3) is 10.8 Å². The Morgan fingerprint density at radius 1 is 1.27 bits per heavy atom. The molecule has 0 radical (unpaired) electrons. The van der Waals surface area contributed by atoms with Crippen LogP contribution in [0.15, 0.2) is 52.5 Å². The zero-order chi connectivity index (χ0) is 15.4. The number of aromatic nitrogens is 1. The lowest BCUT2D eigenvalue weighted by molar-refractivity contribution is -0.136. The van der Waals surface area contributed by atoms with Crippen molar-refractivity contribution >= 4 is 17.3 Å². The van der Waals surface area contributed by atoms with Gasteiger partial charge in [0, 0.05) is 0 Å². The van der Waals surface area contributed by atoms with Crippen LogP contribution in [0, 0.1) is 0 Å². The third-order valence-electron chi connectivity index (χ3n) is 2.95. The van der Waals surface area contributed by atoms with Gasteiger partial charge in [0.1, 0.15) is 24.3 Å². The summed E-state index contributed by atoms with van der Waals surface area (Å²) in [6, 6.07) is 10.9. The molecule has 5 nitrogen and oxygen atoms in total. The molecule has 1 aromatic carbocycles. The largest absolute Gasteiger partial charge is 0.487 e. The van der Waals surface area contributed by atoms with Gasteiger partial charge in [-0.2, -0.15) is 0 Å². The van der Waals surface area contributed by atoms with Gasteiger partial charge in [0.15, 0.2) is 0 Å². The fourth-order valence-corrected chi connectivity index (χ4v) is 2.58. The van der Waals surface area contributed by atoms with Crippen LogP contribution in [-0.2, 0) is 17.8 Å². The first-order valence-electron chi connectivity index (χ1n) is 6.62. The van der Waals surface area contributed by atoms with Gasteiger partial charge < -0.3 is 14.3 Å². The molecular weight excluding hydrogens is 302 g/mol. The zero-order valence-electron chi connectivity index (χ0n) is 11.6. The van der Waals surface area contributed by atoms with Gasteiger partial charge in [-0.05, 0) is 29.1 Å². The zero-order valence-corrected chi connectivity index (χ0v) is 12.4. The van der Waals surface area contributed by atoms with E-state index in [2.05, 4.69) is 4.98 Å². The summed E-state index contributed by atoms with van der Waals surface area (Å²) < 4.78 is 11.0. The maximum Gasteiger partial charge on any atom is 0.307 e. The Bertz CT molecular complexity index is 747. The summed E-state index contributed by atoms with van der Waals surface area (Å²) in [5.74, 6) is 0.401. The average molecular weight is 315 g/mol. The molecule has 0 aliphatic heterocycles. The van der Waals surface area contributed by atoms with Gasteiger partial charge >= 0.3 is 5.97 Å². The van der Waals surface area contributed by atoms with E-state index < -0.39 is 5.97 Å². The molecular formula is C16H13NO4S. The van der Waals surface area contributed by atoms with E-state index in [-0.39, 0.29) is 6.42 Å². The minimum absolute atomic E-state index is 0.00768. The fraction of sp³-hybridized carbons (Fsp3) is 0.125. The Hall–Kier alpha value is -2.60. The molecule has 0 amide bonds. The fourth-order valence-electron chi connectivity index (χ4n) is 1.92. The number of carbonyl (C=O) groups is 1. The van der Waals surface area contributed by atoms with E-state index in [1.165, 1.54) is 0 Å². The third-order valence-corrected chi connectivity index (χ3v) is 3.81. The monoisotopic (exact) mass is 315 g/mol. The van der Waals surface area contributed by atoms with E-state index >= 15 is 0 Å². The van der Waals surface area contributed by atoms with Gasteiger partial charge in [0.05, 0.1) is 11.3 Å². The Kier molecular flexibility index (Phi) is 4.20. The molecule has 0 aliphatic rings. The van der Waals surface area contributed by atoms with Crippen LogP contribution in [-0.4, -0.2) is 16.1 Å². The van der Waals surface area contributed by atoms with Gasteiger partial charge in [-0.3, -0.25) is 4.79 Å². The number of carboxylic acids is 1. The SMILES string of the molecule is O=C(O)Cc1ccc(OCc2coc(-c3cccs3)n2)cc1. The number of oxazole rings is 1. The van der Waals surface area contributed by atoms with Crippen molar-refractivity contribution in [3.05, 3.63) is 59.3 Å². The second kappa shape index (κ2) is 6.44. The van der Waals surface area contributed by atoms with Crippen molar-refractivity contribution in [3.63, 3.8) is 0 Å². The first-order valence-corrected chi connectivity index (χ1v) is 7.50. The molecule has 1 N–H and O–H groups in total. The molecule has 0 unspecified atom stereocenters. The lowest BCUT2D eigenvalue weighted by Crippen LogP contribution is -2.00. The Morgan fingerprint density at radius 3 is 2.77 bits per heavy atom. The maximum atomic E-state index is 10.6. The van der Waals surface area contributed by atoms with Crippen LogP contribution in [0.1, 0.15) is 11.3 Å². The molecule has 3 rings (SSSR count). The Balaban J connectivity index is 1.59. The van der Waals surface area contributed by atoms with Gasteiger partial charge in [-0.15, -0.1) is 11.3 Å². The molecule has 0 saturated heterocycles. The Labute approximate surface area is 130 Å². The molecule has 0 fully saturated rings. The molecule has 2 heterocycles. The van der Waals surface area contributed by atoms with Crippen molar-refractivity contribution in [2.24, 2.45) is 0 Å². The summed E-state index contributed by atoms with van der Waals surface area (Å²) in [6.07, 6.45) is 1.58. The number of carboxylic acid groups (broad SMARTS) is 1. The molecule has 0 spiro atoms. The van der Waals surface area contributed by atoms with Crippen molar-refractivity contribution in [2.45, 2.75) is 13.0 Å². The lowest BCUT2D eigenvalue weighted by Gasteiger charge is -2.04. The number of nitrogens with zero attached hydrogens (tertiary/aromatic N) is 1. The van der Waals surface area contributed by atoms with E-state index in [0.717, 1.165) is 10.4 Å². The van der Waals surface area contributed by atoms with E-state index in [0.29, 0.717) is 23.9 Å². The van der Waals surface area contributed by atoms with Crippen molar-refractivity contribution in [3.8, 4) is 16.5 Å². The molecule has 22 heavy (non-hydrogen) atoms. The molecule has 3 aromatic rings. The second-order valence-corrected chi connectivity index (χ2v) is 5.57. The number of benzene rings is 1. The highest BCUT2D eigenvalue weighted by Crippen LogP contribution is 2.24. The molecule has 0 bridgehead atoms. The summed E-state index contributed by atoms with van der Waals surface area (Å²) in [5, 5.41) is 10.7. The Morgan fingerprint density at radius 2 is 2.09 bits per heavy atom. The summed E-state index contributed by atoms with van der Waals surface area (Å²) >= 11 is 1.57. The average Bonchev–Trinajstić information content (AvgIpc) is 3.17. The molecule has 0 atom stereocenters. The van der Waals surface area contributed by atoms with E-state index in [9.17, 15) is 4.79 Å². The molecule has 0 aliphatic carbocycles. The van der Waals surface area contributed by atoms with Crippen molar-refractivity contribution in [2.75, 3.05) is 0 Å². The molecule has 112 valence electrons. The topological polar surface area (TPSA) is 72.6 Å². The van der Waals surface area contributed by atoms with Crippen LogP contribution in [0.4, 0.5) is 0 Å². The van der Waals surface area contributed by atoms with Gasteiger partial charge in [0.2, 0.25) is 5.89 Å². The number of ether oxygens (including phenoxy) is 1. The van der Waals surface area contributed by atoms with Crippen molar-refractivity contribution in [1.29, 1.82) is 0 Å². The van der Waals surface area contributed by atoms with E-state index in [4.69, 9.17) is 14.3 Å². The minimum Gasteiger partial charge on any atom is -0.487 e. The minimum atomic E-state index is -0.850. The van der Waals surface area contributed by atoms with Crippen LogP contribution in [0.5, 0.6) is 5.75 Å². The highest BCUT2D eigenvalue weighted by Gasteiger charge is 2.08. The predicted octanol–water partition coefficient (Wildman–Crippen LogP) is 3.61. The maximum absolute atomic E-state index is 10.6. The number of thiophene rings is 1. The van der Waals surface area contributed by atoms with Crippen LogP contribution < -0.4 is 4.74 Å². The van der Waals surface area contributed by atoms with Crippen LogP contribution in [0.2, 0.25) is 0 Å². The van der Waals surface area contributed by atoms with Crippen LogP contribution >= 0.6 is 11.3 Å². The van der Waals surface area contributed by atoms with Gasteiger partial charge in [0.25, 0.3) is 0 Å². The highest BCUT2D eigenvalue weighted by molar-refractivity contribution is 7.13. The third kappa shape index (κ3) is 3.53. The number of aliphatic carboxylic acids is 1. The smallest absolute Gasteiger partial charge is 0.307 e. The molecule has 2 aromatic heterocycles. The van der Waals surface area contributed by atoms with E-state index in [1.807, 2.05) is 17.5 Å². The van der Waals surface area contributed by atoms with E-state index in [1.54, 1.807) is 41.9 Å². The second-order valence-electron chi connectivity index (χ2n) is 4.62. The molecule has 0 saturated carbocycles. The van der Waals surface area contributed by atoms with Gasteiger partial charge in [-0.25, -0.2) is 4.98 Å². The standard InChI is InChI=1S/C16H13NO4S/c18-15(19)8-11-3-5-13(6-4-11)20-9-12-10-21-16(17-12)14-2-1-7-22-14/h1-7,10H,8-9H2,(H,18,19). The van der Waals surface area contributed by atoms with Crippen molar-refractivity contribution in [1.82, 2.24) is 4.98 Å². The quantitative estimate of drug-likeness (QED) is 0.752. The number of rotatable bonds is 6. The predicted molar refractivity (Wildman–Crippen MR) is 81.9 cm³/mol. The molecule has 6 heteroatoms.